The summed E-state index contributed by atoms with van der Waals surface area (Å²) >= 11 is 0. The maximum atomic E-state index is 13.5. The summed E-state index contributed by atoms with van der Waals surface area (Å²) in [6.45, 7) is 0.216. The molecule has 120 valence electrons. The van der Waals surface area contributed by atoms with Gasteiger partial charge in [0.2, 0.25) is 0 Å². The van der Waals surface area contributed by atoms with Crippen LogP contribution in [0, 0.1) is 5.82 Å². The largest absolute Gasteiger partial charge is 0.504 e. The van der Waals surface area contributed by atoms with Crippen LogP contribution < -0.4 is 5.01 Å². The molecule has 0 atom stereocenters. The third kappa shape index (κ3) is 2.13. The standard InChI is InChI=1S/C17H11FN2O4/c18-13-3-1-2-11(16(13)22)14-7-15(21)20(19-14)10-5-4-9-8-24-17(23)12(9)6-10/h1-6,22H,7-8H2. The van der Waals surface area contributed by atoms with E-state index in [4.69, 9.17) is 4.74 Å². The number of nitrogens with zero attached hydrogens (tertiary/aromatic N) is 2. The molecule has 0 saturated carbocycles. The van der Waals surface area contributed by atoms with Crippen molar-refractivity contribution in [2.75, 3.05) is 5.01 Å². The second-order valence-electron chi connectivity index (χ2n) is 5.48. The number of amides is 1. The Balaban J connectivity index is 1.73. The normalized spacial score (nSPS) is 16.2. The number of hydrogen-bond donors (Lipinski definition) is 1. The van der Waals surface area contributed by atoms with Gasteiger partial charge < -0.3 is 9.84 Å². The van der Waals surface area contributed by atoms with E-state index < -0.39 is 17.5 Å². The highest BCUT2D eigenvalue weighted by molar-refractivity contribution is 6.20. The van der Waals surface area contributed by atoms with E-state index in [1.54, 1.807) is 18.2 Å². The third-order valence-electron chi connectivity index (χ3n) is 3.99. The fraction of sp³-hybridized carbons (Fsp3) is 0.118. The highest BCUT2D eigenvalue weighted by atomic mass is 19.1. The van der Waals surface area contributed by atoms with E-state index in [2.05, 4.69) is 5.10 Å². The van der Waals surface area contributed by atoms with Gasteiger partial charge in [0.1, 0.15) is 6.61 Å². The zero-order valence-corrected chi connectivity index (χ0v) is 12.3. The van der Waals surface area contributed by atoms with E-state index in [-0.39, 0.29) is 30.2 Å². The first-order valence-electron chi connectivity index (χ1n) is 7.23. The van der Waals surface area contributed by atoms with Crippen LogP contribution in [0.5, 0.6) is 5.75 Å². The summed E-state index contributed by atoms with van der Waals surface area (Å²) in [5, 5.41) is 15.1. The lowest BCUT2D eigenvalue weighted by molar-refractivity contribution is -0.116. The topological polar surface area (TPSA) is 79.2 Å². The van der Waals surface area contributed by atoms with Gasteiger partial charge >= 0.3 is 5.97 Å². The van der Waals surface area contributed by atoms with Crippen LogP contribution in [-0.4, -0.2) is 22.7 Å². The van der Waals surface area contributed by atoms with Crippen LogP contribution in [0.15, 0.2) is 41.5 Å². The van der Waals surface area contributed by atoms with Gasteiger partial charge in [-0.3, -0.25) is 4.79 Å². The summed E-state index contributed by atoms with van der Waals surface area (Å²) < 4.78 is 18.4. The van der Waals surface area contributed by atoms with Crippen LogP contribution in [0.25, 0.3) is 0 Å². The number of phenolic OH excluding ortho intramolecular Hbond substituents is 1. The second-order valence-corrected chi connectivity index (χ2v) is 5.48. The minimum Gasteiger partial charge on any atom is -0.504 e. The molecule has 1 amide bonds. The van der Waals surface area contributed by atoms with Crippen molar-refractivity contribution in [3.8, 4) is 5.75 Å². The molecule has 7 heteroatoms. The van der Waals surface area contributed by atoms with E-state index in [9.17, 15) is 19.1 Å². The molecule has 2 aromatic carbocycles. The van der Waals surface area contributed by atoms with Gasteiger partial charge in [-0.1, -0.05) is 12.1 Å². The van der Waals surface area contributed by atoms with Gasteiger partial charge in [0.15, 0.2) is 11.6 Å². The molecule has 1 N–H and O–H groups in total. The molecule has 0 unspecified atom stereocenters. The molecule has 0 saturated heterocycles. The Morgan fingerprint density at radius 2 is 2.00 bits per heavy atom. The van der Waals surface area contributed by atoms with Crippen LogP contribution >= 0.6 is 0 Å². The van der Waals surface area contributed by atoms with Crippen molar-refractivity contribution in [2.24, 2.45) is 5.10 Å². The summed E-state index contributed by atoms with van der Waals surface area (Å²) in [5.41, 5.74) is 2.01. The van der Waals surface area contributed by atoms with Crippen molar-refractivity contribution < 1.29 is 23.8 Å². The van der Waals surface area contributed by atoms with Crippen LogP contribution in [0.1, 0.15) is 27.9 Å². The highest BCUT2D eigenvalue weighted by Crippen LogP contribution is 2.30. The molecule has 2 aromatic rings. The Morgan fingerprint density at radius 1 is 1.17 bits per heavy atom. The molecule has 0 aliphatic carbocycles. The van der Waals surface area contributed by atoms with Crippen molar-refractivity contribution in [1.29, 1.82) is 0 Å². The molecule has 0 aromatic heterocycles. The van der Waals surface area contributed by atoms with Gasteiger partial charge in [-0.15, -0.1) is 0 Å². The highest BCUT2D eigenvalue weighted by Gasteiger charge is 2.30. The van der Waals surface area contributed by atoms with Gasteiger partial charge in [0.05, 0.1) is 23.4 Å². The first kappa shape index (κ1) is 14.4. The van der Waals surface area contributed by atoms with Gasteiger partial charge in [0.25, 0.3) is 5.91 Å². The molecule has 0 radical (unpaired) electrons. The van der Waals surface area contributed by atoms with Crippen molar-refractivity contribution in [3.63, 3.8) is 0 Å². The Bertz CT molecular complexity index is 923. The minimum atomic E-state index is -0.777. The SMILES string of the molecule is O=C1OCc2ccc(N3N=C(c4cccc(F)c4O)CC3=O)cc21. The predicted octanol–water partition coefficient (Wildman–Crippen LogP) is 2.34. The number of hydrazone groups is 1. The number of phenols is 1. The van der Waals surface area contributed by atoms with Crippen molar-refractivity contribution in [2.45, 2.75) is 13.0 Å². The summed E-state index contributed by atoms with van der Waals surface area (Å²) in [7, 11) is 0. The van der Waals surface area contributed by atoms with E-state index in [1.165, 1.54) is 12.1 Å². The molecular weight excluding hydrogens is 315 g/mol. The average molecular weight is 326 g/mol. The molecular formula is C17H11FN2O4. The first-order chi connectivity index (χ1) is 11.5. The number of hydrogen-bond acceptors (Lipinski definition) is 5. The van der Waals surface area contributed by atoms with E-state index in [1.807, 2.05) is 0 Å². The zero-order chi connectivity index (χ0) is 16.8. The fourth-order valence-corrected chi connectivity index (χ4v) is 2.76. The van der Waals surface area contributed by atoms with Gasteiger partial charge in [0, 0.05) is 11.1 Å². The Morgan fingerprint density at radius 3 is 2.83 bits per heavy atom. The molecule has 24 heavy (non-hydrogen) atoms. The van der Waals surface area contributed by atoms with Gasteiger partial charge in [-0.05, 0) is 24.3 Å². The van der Waals surface area contributed by atoms with Crippen LogP contribution in [-0.2, 0) is 16.1 Å². The number of carbonyl (C=O) groups is 2. The monoisotopic (exact) mass is 326 g/mol. The number of benzene rings is 2. The van der Waals surface area contributed by atoms with Gasteiger partial charge in [-0.25, -0.2) is 14.2 Å². The molecule has 0 spiro atoms. The Labute approximate surface area is 135 Å². The lowest BCUT2D eigenvalue weighted by Crippen LogP contribution is -2.19. The maximum absolute atomic E-state index is 13.5. The first-order valence-corrected chi connectivity index (χ1v) is 7.23. The average Bonchev–Trinajstić information content (AvgIpc) is 3.13. The predicted molar refractivity (Wildman–Crippen MR) is 82.3 cm³/mol. The lowest BCUT2D eigenvalue weighted by Gasteiger charge is -2.12. The summed E-state index contributed by atoms with van der Waals surface area (Å²) in [6.07, 6.45) is -0.0709. The third-order valence-corrected chi connectivity index (χ3v) is 3.99. The number of rotatable bonds is 2. The lowest BCUT2D eigenvalue weighted by atomic mass is 10.1. The molecule has 0 fully saturated rings. The number of halogens is 1. The Hall–Kier alpha value is -3.22. The van der Waals surface area contributed by atoms with Crippen molar-refractivity contribution in [3.05, 3.63) is 58.9 Å². The number of carbonyl (C=O) groups excluding carboxylic acids is 2. The summed E-state index contributed by atoms with van der Waals surface area (Å²) in [5.74, 6) is -2.09. The number of ether oxygens (including phenoxy) is 1. The fourth-order valence-electron chi connectivity index (χ4n) is 2.76. The van der Waals surface area contributed by atoms with Crippen LogP contribution in [0.2, 0.25) is 0 Å². The number of cyclic esters (lactones) is 1. The molecule has 6 nitrogen and oxygen atoms in total. The maximum Gasteiger partial charge on any atom is 0.338 e. The number of para-hydroxylation sites is 1. The van der Waals surface area contributed by atoms with E-state index in [0.717, 1.165) is 16.6 Å². The minimum absolute atomic E-state index is 0.0709. The van der Waals surface area contributed by atoms with Crippen LogP contribution in [0.4, 0.5) is 10.1 Å². The number of esters is 1. The summed E-state index contributed by atoms with van der Waals surface area (Å²) in [4.78, 5) is 23.9. The smallest absolute Gasteiger partial charge is 0.338 e. The number of aromatic hydroxyl groups is 1. The van der Waals surface area contributed by atoms with Gasteiger partial charge in [-0.2, -0.15) is 5.10 Å². The molecule has 2 aliphatic heterocycles. The van der Waals surface area contributed by atoms with Crippen LogP contribution in [0.3, 0.4) is 0 Å². The van der Waals surface area contributed by atoms with E-state index >= 15 is 0 Å². The van der Waals surface area contributed by atoms with Crippen molar-refractivity contribution in [1.82, 2.24) is 0 Å². The number of anilines is 1. The molecule has 2 heterocycles. The molecule has 2 aliphatic rings. The Kier molecular flexibility index (Phi) is 3.09. The second kappa shape index (κ2) is 5.16. The molecule has 4 rings (SSSR count). The number of fused-ring (bicyclic) bond motifs is 1. The molecule has 0 bridgehead atoms. The zero-order valence-electron chi connectivity index (χ0n) is 12.3. The summed E-state index contributed by atoms with van der Waals surface area (Å²) in [6, 6.07) is 8.96. The van der Waals surface area contributed by atoms with Crippen molar-refractivity contribution >= 4 is 23.3 Å². The van der Waals surface area contributed by atoms with E-state index in [0.29, 0.717) is 11.3 Å². The quantitative estimate of drug-likeness (QED) is 0.859.